The van der Waals surface area contributed by atoms with Crippen LogP contribution < -0.4 is 10.2 Å². The molecule has 1 N–H and O–H groups in total. The molecule has 0 saturated carbocycles. The summed E-state index contributed by atoms with van der Waals surface area (Å²) in [7, 11) is 1.92. The topological polar surface area (TPSA) is 58.4 Å². The average Bonchev–Trinajstić information content (AvgIpc) is 2.39. The minimum absolute atomic E-state index is 0.162. The van der Waals surface area contributed by atoms with Crippen molar-refractivity contribution in [1.29, 1.82) is 0 Å². The number of nitro benzene ring substituents is 1. The molecule has 1 heterocycles. The molecule has 1 aliphatic rings. The van der Waals surface area contributed by atoms with E-state index in [0.717, 1.165) is 24.1 Å². The van der Waals surface area contributed by atoms with Gasteiger partial charge in [-0.25, -0.2) is 0 Å². The minimum atomic E-state index is -0.322. The molecule has 1 aromatic carbocycles. The second-order valence-corrected chi connectivity index (χ2v) is 5.90. The lowest BCUT2D eigenvalue weighted by Crippen LogP contribution is -2.37. The lowest BCUT2D eigenvalue weighted by molar-refractivity contribution is -0.384. The highest BCUT2D eigenvalue weighted by molar-refractivity contribution is 9.10. The second kappa shape index (κ2) is 6.34. The third-order valence-electron chi connectivity index (χ3n) is 3.48. The van der Waals surface area contributed by atoms with E-state index in [1.54, 1.807) is 12.1 Å². The first-order chi connectivity index (χ1) is 9.08. The molecular weight excluding hydrogens is 310 g/mol. The maximum atomic E-state index is 11.1. The Hall–Kier alpha value is -1.14. The fraction of sp³-hybridized carbons (Fsp3) is 0.538. The van der Waals surface area contributed by atoms with Crippen LogP contribution in [0.25, 0.3) is 0 Å². The average molecular weight is 328 g/mol. The van der Waals surface area contributed by atoms with E-state index in [1.165, 1.54) is 12.8 Å². The predicted octanol–water partition coefficient (Wildman–Crippen LogP) is 2.79. The minimum Gasteiger partial charge on any atom is -0.369 e. The van der Waals surface area contributed by atoms with E-state index in [2.05, 4.69) is 21.2 Å². The quantitative estimate of drug-likeness (QED) is 0.682. The summed E-state index contributed by atoms with van der Waals surface area (Å²) in [4.78, 5) is 12.7. The van der Waals surface area contributed by atoms with Gasteiger partial charge in [-0.15, -0.1) is 0 Å². The van der Waals surface area contributed by atoms with E-state index in [4.69, 9.17) is 0 Å². The maximum absolute atomic E-state index is 11.1. The molecule has 1 atom stereocenters. The molecule has 1 fully saturated rings. The van der Waals surface area contributed by atoms with Crippen molar-refractivity contribution in [1.82, 2.24) is 5.32 Å². The van der Waals surface area contributed by atoms with Crippen LogP contribution >= 0.6 is 15.9 Å². The SMILES string of the molecule is CN(CC1CCCNC1)c1cc(Br)ccc1[N+](=O)[O-]. The first-order valence-corrected chi connectivity index (χ1v) is 7.23. The van der Waals surface area contributed by atoms with Crippen LogP contribution in [0.3, 0.4) is 0 Å². The number of rotatable bonds is 4. The lowest BCUT2D eigenvalue weighted by atomic mass is 9.99. The number of piperidine rings is 1. The highest BCUT2D eigenvalue weighted by Crippen LogP contribution is 2.31. The van der Waals surface area contributed by atoms with Crippen LogP contribution in [0.5, 0.6) is 0 Å². The van der Waals surface area contributed by atoms with Gasteiger partial charge in [-0.2, -0.15) is 0 Å². The highest BCUT2D eigenvalue weighted by Gasteiger charge is 2.21. The van der Waals surface area contributed by atoms with Crippen molar-refractivity contribution in [3.63, 3.8) is 0 Å². The van der Waals surface area contributed by atoms with Gasteiger partial charge in [0, 0.05) is 24.1 Å². The zero-order valence-corrected chi connectivity index (χ0v) is 12.5. The van der Waals surface area contributed by atoms with Gasteiger partial charge in [-0.3, -0.25) is 10.1 Å². The summed E-state index contributed by atoms with van der Waals surface area (Å²) in [5.41, 5.74) is 0.833. The van der Waals surface area contributed by atoms with Crippen LogP contribution in [0.4, 0.5) is 11.4 Å². The number of anilines is 1. The van der Waals surface area contributed by atoms with Crippen LogP contribution in [0.1, 0.15) is 12.8 Å². The van der Waals surface area contributed by atoms with Gasteiger partial charge in [0.25, 0.3) is 5.69 Å². The highest BCUT2D eigenvalue weighted by atomic mass is 79.9. The van der Waals surface area contributed by atoms with E-state index in [1.807, 2.05) is 18.0 Å². The van der Waals surface area contributed by atoms with Crippen LogP contribution in [0.2, 0.25) is 0 Å². The summed E-state index contributed by atoms with van der Waals surface area (Å²) in [6, 6.07) is 5.07. The lowest BCUT2D eigenvalue weighted by Gasteiger charge is -2.28. The molecule has 5 nitrogen and oxygen atoms in total. The first-order valence-electron chi connectivity index (χ1n) is 6.43. The third kappa shape index (κ3) is 3.67. The molecule has 6 heteroatoms. The molecule has 1 unspecified atom stereocenters. The molecule has 1 aromatic rings. The fourth-order valence-corrected chi connectivity index (χ4v) is 2.87. The molecule has 1 saturated heterocycles. The van der Waals surface area contributed by atoms with Crippen LogP contribution in [-0.2, 0) is 0 Å². The maximum Gasteiger partial charge on any atom is 0.292 e. The Morgan fingerprint density at radius 3 is 3.00 bits per heavy atom. The standard InChI is InChI=1S/C13H18BrN3O2/c1-16(9-10-3-2-6-15-8-10)13-7-11(14)4-5-12(13)17(18)19/h4-5,7,10,15H,2-3,6,8-9H2,1H3. The van der Waals surface area contributed by atoms with E-state index < -0.39 is 0 Å². The molecule has 104 valence electrons. The van der Waals surface area contributed by atoms with Crippen molar-refractivity contribution >= 4 is 27.3 Å². The van der Waals surface area contributed by atoms with E-state index in [0.29, 0.717) is 11.6 Å². The van der Waals surface area contributed by atoms with Crippen molar-refractivity contribution < 1.29 is 4.92 Å². The monoisotopic (exact) mass is 327 g/mol. The van der Waals surface area contributed by atoms with Crippen molar-refractivity contribution in [2.75, 3.05) is 31.6 Å². The zero-order valence-electron chi connectivity index (χ0n) is 10.9. The number of nitrogens with one attached hydrogen (secondary N) is 1. The number of nitro groups is 1. The Morgan fingerprint density at radius 1 is 1.58 bits per heavy atom. The van der Waals surface area contributed by atoms with E-state index in [-0.39, 0.29) is 10.6 Å². The summed E-state index contributed by atoms with van der Waals surface area (Å²) in [5.74, 6) is 0.553. The summed E-state index contributed by atoms with van der Waals surface area (Å²) >= 11 is 3.38. The van der Waals surface area contributed by atoms with Gasteiger partial charge in [0.05, 0.1) is 4.92 Å². The molecule has 0 amide bonds. The molecular formula is C13H18BrN3O2. The number of benzene rings is 1. The third-order valence-corrected chi connectivity index (χ3v) is 3.97. The second-order valence-electron chi connectivity index (χ2n) is 4.98. The van der Waals surface area contributed by atoms with Gasteiger partial charge < -0.3 is 10.2 Å². The Kier molecular flexibility index (Phi) is 4.76. The van der Waals surface area contributed by atoms with Crippen molar-refractivity contribution in [2.24, 2.45) is 5.92 Å². The number of halogens is 1. The molecule has 0 radical (unpaired) electrons. The molecule has 2 rings (SSSR count). The number of hydrogen-bond donors (Lipinski definition) is 1. The van der Waals surface area contributed by atoms with Gasteiger partial charge in [0.1, 0.15) is 5.69 Å². The van der Waals surface area contributed by atoms with E-state index in [9.17, 15) is 10.1 Å². The van der Waals surface area contributed by atoms with Crippen LogP contribution in [0, 0.1) is 16.0 Å². The Labute approximate surface area is 121 Å². The molecule has 0 bridgehead atoms. The fourth-order valence-electron chi connectivity index (χ4n) is 2.52. The molecule has 0 aliphatic carbocycles. The Morgan fingerprint density at radius 2 is 2.37 bits per heavy atom. The van der Waals surface area contributed by atoms with Gasteiger partial charge in [0.15, 0.2) is 0 Å². The number of hydrogen-bond acceptors (Lipinski definition) is 4. The normalized spacial score (nSPS) is 19.2. The van der Waals surface area contributed by atoms with Gasteiger partial charge in [0.2, 0.25) is 0 Å². The summed E-state index contributed by atoms with van der Waals surface area (Å²) < 4.78 is 0.863. The summed E-state index contributed by atoms with van der Waals surface area (Å²) in [5, 5.41) is 14.5. The molecule has 19 heavy (non-hydrogen) atoms. The van der Waals surface area contributed by atoms with Gasteiger partial charge >= 0.3 is 0 Å². The van der Waals surface area contributed by atoms with Crippen LogP contribution in [0.15, 0.2) is 22.7 Å². The molecule has 1 aliphatic heterocycles. The van der Waals surface area contributed by atoms with Gasteiger partial charge in [-0.05, 0) is 44.0 Å². The predicted molar refractivity (Wildman–Crippen MR) is 79.7 cm³/mol. The summed E-state index contributed by atoms with van der Waals surface area (Å²) in [6.45, 7) is 2.91. The Balaban J connectivity index is 2.14. The molecule has 0 aromatic heterocycles. The van der Waals surface area contributed by atoms with Crippen molar-refractivity contribution in [3.05, 3.63) is 32.8 Å². The van der Waals surface area contributed by atoms with E-state index >= 15 is 0 Å². The summed E-state index contributed by atoms with van der Waals surface area (Å²) in [6.07, 6.45) is 2.36. The molecule has 0 spiro atoms. The Bertz CT molecular complexity index is 461. The largest absolute Gasteiger partial charge is 0.369 e. The van der Waals surface area contributed by atoms with Crippen molar-refractivity contribution in [3.8, 4) is 0 Å². The van der Waals surface area contributed by atoms with Crippen molar-refractivity contribution in [2.45, 2.75) is 12.8 Å². The van der Waals surface area contributed by atoms with Gasteiger partial charge in [-0.1, -0.05) is 15.9 Å². The smallest absolute Gasteiger partial charge is 0.292 e. The first kappa shape index (κ1) is 14.3. The zero-order chi connectivity index (χ0) is 13.8. The van der Waals surface area contributed by atoms with Crippen LogP contribution in [-0.4, -0.2) is 31.6 Å². The number of nitrogens with zero attached hydrogens (tertiary/aromatic N) is 2.